The van der Waals surface area contributed by atoms with Crippen molar-refractivity contribution in [3.63, 3.8) is 0 Å². The maximum Gasteiger partial charge on any atom is 0.338 e. The van der Waals surface area contributed by atoms with Crippen molar-refractivity contribution in [1.82, 2.24) is 0 Å². The SMILES string of the molecule is COC(=O)c1cc(/C=N\O)cc([N+](=O)[O-])c1. The number of ether oxygens (including phenoxy) is 1. The molecular formula is C9H8N2O5. The normalized spacial score (nSPS) is 10.3. The third-order valence-electron chi connectivity index (χ3n) is 1.78. The molecule has 0 aromatic heterocycles. The third kappa shape index (κ3) is 2.53. The lowest BCUT2D eigenvalue weighted by Gasteiger charge is -2.00. The van der Waals surface area contributed by atoms with Gasteiger partial charge in [0.25, 0.3) is 5.69 Å². The molecule has 0 amide bonds. The smallest absolute Gasteiger partial charge is 0.338 e. The van der Waals surface area contributed by atoms with Gasteiger partial charge in [-0.1, -0.05) is 5.16 Å². The third-order valence-corrected chi connectivity index (χ3v) is 1.78. The van der Waals surface area contributed by atoms with Gasteiger partial charge in [-0.15, -0.1) is 0 Å². The zero-order chi connectivity index (χ0) is 12.1. The summed E-state index contributed by atoms with van der Waals surface area (Å²) in [6.45, 7) is 0. The van der Waals surface area contributed by atoms with Crippen LogP contribution in [-0.4, -0.2) is 29.4 Å². The summed E-state index contributed by atoms with van der Waals surface area (Å²) in [4.78, 5) is 21.1. The Morgan fingerprint density at radius 3 is 2.75 bits per heavy atom. The second kappa shape index (κ2) is 4.87. The Morgan fingerprint density at radius 1 is 1.56 bits per heavy atom. The van der Waals surface area contributed by atoms with E-state index in [0.717, 1.165) is 12.3 Å². The van der Waals surface area contributed by atoms with Crippen LogP contribution >= 0.6 is 0 Å². The van der Waals surface area contributed by atoms with Crippen molar-refractivity contribution in [1.29, 1.82) is 0 Å². The van der Waals surface area contributed by atoms with E-state index in [4.69, 9.17) is 5.21 Å². The Hall–Kier alpha value is -2.44. The van der Waals surface area contributed by atoms with Crippen LogP contribution in [0.1, 0.15) is 15.9 Å². The molecule has 0 saturated carbocycles. The second-order valence-corrected chi connectivity index (χ2v) is 2.81. The first-order chi connectivity index (χ1) is 7.58. The Kier molecular flexibility index (Phi) is 3.54. The van der Waals surface area contributed by atoms with E-state index in [1.54, 1.807) is 0 Å². The van der Waals surface area contributed by atoms with Gasteiger partial charge in [-0.05, 0) is 6.07 Å². The standard InChI is InChI=1S/C9H8N2O5/c1-16-9(12)7-2-6(5-10-13)3-8(4-7)11(14)15/h2-5,13H,1H3/b10-5-. The molecule has 0 aliphatic carbocycles. The molecule has 7 heteroatoms. The van der Waals surface area contributed by atoms with Crippen molar-refractivity contribution in [3.05, 3.63) is 39.4 Å². The summed E-state index contributed by atoms with van der Waals surface area (Å²) < 4.78 is 4.44. The van der Waals surface area contributed by atoms with Crippen LogP contribution in [0, 0.1) is 10.1 Å². The molecule has 1 N–H and O–H groups in total. The number of carbonyl (C=O) groups excluding carboxylic acids is 1. The van der Waals surface area contributed by atoms with Crippen molar-refractivity contribution < 1.29 is 19.7 Å². The van der Waals surface area contributed by atoms with E-state index in [1.165, 1.54) is 19.2 Å². The summed E-state index contributed by atoms with van der Waals surface area (Å²) in [5.41, 5.74) is -0.0264. The lowest BCUT2D eigenvalue weighted by atomic mass is 10.1. The van der Waals surface area contributed by atoms with Gasteiger partial charge in [0.05, 0.1) is 23.8 Å². The molecule has 0 aliphatic heterocycles. The molecule has 1 aromatic rings. The molecule has 0 bridgehead atoms. The number of non-ortho nitro benzene ring substituents is 1. The van der Waals surface area contributed by atoms with Crippen molar-refractivity contribution in [3.8, 4) is 0 Å². The van der Waals surface area contributed by atoms with E-state index in [0.29, 0.717) is 0 Å². The van der Waals surface area contributed by atoms with Crippen molar-refractivity contribution in [2.45, 2.75) is 0 Å². The molecule has 84 valence electrons. The number of carbonyl (C=O) groups is 1. The second-order valence-electron chi connectivity index (χ2n) is 2.81. The largest absolute Gasteiger partial charge is 0.465 e. The van der Waals surface area contributed by atoms with Crippen LogP contribution in [0.4, 0.5) is 5.69 Å². The first-order valence-electron chi connectivity index (χ1n) is 4.13. The zero-order valence-corrected chi connectivity index (χ0v) is 8.28. The fourth-order valence-corrected chi connectivity index (χ4v) is 1.12. The van der Waals surface area contributed by atoms with Gasteiger partial charge >= 0.3 is 5.97 Å². The van der Waals surface area contributed by atoms with E-state index >= 15 is 0 Å². The highest BCUT2D eigenvalue weighted by Gasteiger charge is 2.14. The number of hydrogen-bond acceptors (Lipinski definition) is 6. The maximum absolute atomic E-state index is 11.2. The van der Waals surface area contributed by atoms with Crippen LogP contribution in [0.15, 0.2) is 23.4 Å². The van der Waals surface area contributed by atoms with Crippen LogP contribution < -0.4 is 0 Å². The van der Waals surface area contributed by atoms with Gasteiger partial charge in [-0.3, -0.25) is 10.1 Å². The summed E-state index contributed by atoms with van der Waals surface area (Å²) in [6.07, 6.45) is 0.986. The topological polar surface area (TPSA) is 102 Å². The number of methoxy groups -OCH3 is 1. The van der Waals surface area contributed by atoms with Crippen molar-refractivity contribution in [2.24, 2.45) is 5.16 Å². The highest BCUT2D eigenvalue weighted by atomic mass is 16.6. The predicted octanol–water partition coefficient (Wildman–Crippen LogP) is 1.19. The molecular weight excluding hydrogens is 216 g/mol. The summed E-state index contributed by atoms with van der Waals surface area (Å²) >= 11 is 0. The lowest BCUT2D eigenvalue weighted by molar-refractivity contribution is -0.384. The molecule has 0 radical (unpaired) electrons. The van der Waals surface area contributed by atoms with Gasteiger partial charge < -0.3 is 9.94 Å². The Labute approximate surface area is 90.1 Å². The predicted molar refractivity (Wildman–Crippen MR) is 53.8 cm³/mol. The molecule has 0 saturated heterocycles. The van der Waals surface area contributed by atoms with Crippen LogP contribution in [0.25, 0.3) is 0 Å². The van der Waals surface area contributed by atoms with Gasteiger partial charge in [0, 0.05) is 17.7 Å². The van der Waals surface area contributed by atoms with Crippen LogP contribution in [0.2, 0.25) is 0 Å². The number of esters is 1. The van der Waals surface area contributed by atoms with Crippen molar-refractivity contribution >= 4 is 17.9 Å². The van der Waals surface area contributed by atoms with E-state index in [-0.39, 0.29) is 16.8 Å². The first-order valence-corrected chi connectivity index (χ1v) is 4.13. The van der Waals surface area contributed by atoms with E-state index in [1.807, 2.05) is 0 Å². The maximum atomic E-state index is 11.2. The Bertz CT molecular complexity index is 455. The molecule has 0 atom stereocenters. The quantitative estimate of drug-likeness (QED) is 0.273. The molecule has 1 aromatic carbocycles. The average molecular weight is 224 g/mol. The summed E-state index contributed by atoms with van der Waals surface area (Å²) in [6, 6.07) is 3.57. The molecule has 7 nitrogen and oxygen atoms in total. The monoisotopic (exact) mass is 224 g/mol. The number of nitro benzene ring substituents is 1. The molecule has 16 heavy (non-hydrogen) atoms. The first kappa shape index (κ1) is 11.6. The summed E-state index contributed by atoms with van der Waals surface area (Å²) in [7, 11) is 1.17. The van der Waals surface area contributed by atoms with Gasteiger partial charge in [0.15, 0.2) is 0 Å². The van der Waals surface area contributed by atoms with Crippen LogP contribution in [0.5, 0.6) is 0 Å². The van der Waals surface area contributed by atoms with E-state index < -0.39 is 10.9 Å². The minimum atomic E-state index is -0.698. The zero-order valence-electron chi connectivity index (χ0n) is 8.28. The molecule has 0 spiro atoms. The molecule has 0 unspecified atom stereocenters. The van der Waals surface area contributed by atoms with Crippen LogP contribution in [0.3, 0.4) is 0 Å². The highest BCUT2D eigenvalue weighted by Crippen LogP contribution is 2.17. The van der Waals surface area contributed by atoms with Gasteiger partial charge in [0.2, 0.25) is 0 Å². The van der Waals surface area contributed by atoms with Gasteiger partial charge in [0.1, 0.15) is 0 Å². The molecule has 0 fully saturated rings. The summed E-state index contributed by atoms with van der Waals surface area (Å²) in [5.74, 6) is -0.698. The van der Waals surface area contributed by atoms with Crippen LogP contribution in [-0.2, 0) is 4.74 Å². The summed E-state index contributed by atoms with van der Waals surface area (Å²) in [5, 5.41) is 21.6. The average Bonchev–Trinajstić information content (AvgIpc) is 2.28. The van der Waals surface area contributed by atoms with Gasteiger partial charge in [-0.2, -0.15) is 0 Å². The minimum Gasteiger partial charge on any atom is -0.465 e. The van der Waals surface area contributed by atoms with Crippen molar-refractivity contribution in [2.75, 3.05) is 7.11 Å². The number of oxime groups is 1. The Morgan fingerprint density at radius 2 is 2.25 bits per heavy atom. The van der Waals surface area contributed by atoms with Gasteiger partial charge in [-0.25, -0.2) is 4.79 Å². The number of rotatable bonds is 3. The highest BCUT2D eigenvalue weighted by molar-refractivity contribution is 5.93. The number of nitrogens with zero attached hydrogens (tertiary/aromatic N) is 2. The fraction of sp³-hybridized carbons (Fsp3) is 0.111. The molecule has 0 aliphatic rings. The Balaban J connectivity index is 3.29. The minimum absolute atomic E-state index is 0.0200. The number of hydrogen-bond donors (Lipinski definition) is 1. The van der Waals surface area contributed by atoms with E-state index in [2.05, 4.69) is 9.89 Å². The number of benzene rings is 1. The van der Waals surface area contributed by atoms with E-state index in [9.17, 15) is 14.9 Å². The lowest BCUT2D eigenvalue weighted by Crippen LogP contribution is -2.03. The fourth-order valence-electron chi connectivity index (χ4n) is 1.12. The molecule has 0 heterocycles. The number of nitro groups is 1. The molecule has 1 rings (SSSR count).